The molecule has 0 bridgehead atoms. The van der Waals surface area contributed by atoms with Crippen molar-refractivity contribution in [3.05, 3.63) is 29.3 Å². The van der Waals surface area contributed by atoms with Gasteiger partial charge >= 0.3 is 0 Å². The van der Waals surface area contributed by atoms with Crippen molar-refractivity contribution in [1.82, 2.24) is 5.32 Å². The van der Waals surface area contributed by atoms with E-state index in [4.69, 9.17) is 9.47 Å². The van der Waals surface area contributed by atoms with Gasteiger partial charge in [0.15, 0.2) is 0 Å². The Hall–Kier alpha value is -1.06. The molecule has 0 spiro atoms. The molecule has 1 fully saturated rings. The van der Waals surface area contributed by atoms with Gasteiger partial charge in [-0.25, -0.2) is 0 Å². The Labute approximate surface area is 129 Å². The molecule has 1 atom stereocenters. The summed E-state index contributed by atoms with van der Waals surface area (Å²) in [7, 11) is 3.81. The molecule has 0 saturated heterocycles. The number of benzene rings is 1. The number of hydrogen-bond acceptors (Lipinski definition) is 3. The van der Waals surface area contributed by atoms with Gasteiger partial charge in [-0.05, 0) is 64.1 Å². The maximum absolute atomic E-state index is 5.65. The van der Waals surface area contributed by atoms with Crippen molar-refractivity contribution in [2.45, 2.75) is 51.7 Å². The molecule has 21 heavy (non-hydrogen) atoms. The molecule has 0 aliphatic heterocycles. The van der Waals surface area contributed by atoms with Crippen LogP contribution in [0.2, 0.25) is 0 Å². The molecule has 1 aromatic carbocycles. The zero-order chi connectivity index (χ0) is 15.2. The molecule has 1 aromatic rings. The van der Waals surface area contributed by atoms with Crippen molar-refractivity contribution in [1.29, 1.82) is 0 Å². The first-order valence-corrected chi connectivity index (χ1v) is 8.08. The molecule has 1 unspecified atom stereocenters. The maximum Gasteiger partial charge on any atom is 0.122 e. The summed E-state index contributed by atoms with van der Waals surface area (Å²) in [5.41, 5.74) is 2.60. The highest BCUT2D eigenvalue weighted by Gasteiger charge is 2.31. The summed E-state index contributed by atoms with van der Waals surface area (Å²) < 4.78 is 11.1. The molecule has 3 heteroatoms. The lowest BCUT2D eigenvalue weighted by atomic mass is 9.77. The molecule has 1 saturated carbocycles. The predicted molar refractivity (Wildman–Crippen MR) is 87.0 cm³/mol. The lowest BCUT2D eigenvalue weighted by Gasteiger charge is -2.37. The van der Waals surface area contributed by atoms with Crippen molar-refractivity contribution >= 4 is 0 Å². The highest BCUT2D eigenvalue weighted by molar-refractivity contribution is 5.37. The minimum absolute atomic E-state index is 0.506. The third kappa shape index (κ3) is 4.45. The first kappa shape index (κ1) is 16.3. The summed E-state index contributed by atoms with van der Waals surface area (Å²) in [6, 6.07) is 6.93. The minimum Gasteiger partial charge on any atom is -0.496 e. The molecule has 0 heterocycles. The molecule has 1 aliphatic carbocycles. The van der Waals surface area contributed by atoms with E-state index in [0.29, 0.717) is 12.1 Å². The second kappa shape index (κ2) is 7.81. The third-order valence-corrected chi connectivity index (χ3v) is 4.52. The molecule has 118 valence electrons. The van der Waals surface area contributed by atoms with E-state index in [2.05, 4.69) is 44.4 Å². The molecular formula is C18H29NO2. The zero-order valence-electron chi connectivity index (χ0n) is 13.8. The van der Waals surface area contributed by atoms with Crippen LogP contribution in [0.3, 0.4) is 0 Å². The second-order valence-corrected chi connectivity index (χ2v) is 6.16. The normalized spacial score (nSPS) is 22.7. The van der Waals surface area contributed by atoms with E-state index in [9.17, 15) is 0 Å². The van der Waals surface area contributed by atoms with Crippen LogP contribution in [0.4, 0.5) is 0 Å². The lowest BCUT2D eigenvalue weighted by molar-refractivity contribution is -0.0288. The van der Waals surface area contributed by atoms with E-state index in [-0.39, 0.29) is 0 Å². The second-order valence-electron chi connectivity index (χ2n) is 6.16. The number of ether oxygens (including phenoxy) is 2. The first-order valence-electron chi connectivity index (χ1n) is 8.08. The Morgan fingerprint density at radius 1 is 1.33 bits per heavy atom. The van der Waals surface area contributed by atoms with Gasteiger partial charge in [-0.3, -0.25) is 0 Å². The minimum atomic E-state index is 0.506. The number of likely N-dealkylation sites (N-methyl/N-ethyl adjacent to an activating group) is 1. The summed E-state index contributed by atoms with van der Waals surface area (Å²) in [4.78, 5) is 0. The first-order chi connectivity index (χ1) is 10.2. The topological polar surface area (TPSA) is 30.5 Å². The van der Waals surface area contributed by atoms with E-state index in [1.165, 1.54) is 30.4 Å². The van der Waals surface area contributed by atoms with Crippen molar-refractivity contribution in [2.75, 3.05) is 20.8 Å². The quantitative estimate of drug-likeness (QED) is 0.797. The Balaban J connectivity index is 1.89. The van der Waals surface area contributed by atoms with Crippen LogP contribution in [0.1, 0.15) is 37.3 Å². The summed E-state index contributed by atoms with van der Waals surface area (Å²) >= 11 is 0. The average Bonchev–Trinajstić information content (AvgIpc) is 2.44. The number of nitrogens with one attached hydrogen (secondary N) is 1. The van der Waals surface area contributed by atoms with Gasteiger partial charge in [0.1, 0.15) is 5.75 Å². The van der Waals surface area contributed by atoms with Gasteiger partial charge in [-0.2, -0.15) is 0 Å². The van der Waals surface area contributed by atoms with E-state index in [1.807, 2.05) is 0 Å². The van der Waals surface area contributed by atoms with Crippen molar-refractivity contribution < 1.29 is 9.47 Å². The Kier molecular flexibility index (Phi) is 6.07. The fourth-order valence-corrected chi connectivity index (χ4v) is 3.28. The van der Waals surface area contributed by atoms with Crippen LogP contribution < -0.4 is 10.1 Å². The van der Waals surface area contributed by atoms with Gasteiger partial charge in [0.05, 0.1) is 13.2 Å². The van der Waals surface area contributed by atoms with Crippen LogP contribution in [-0.4, -0.2) is 32.9 Å². The van der Waals surface area contributed by atoms with Crippen molar-refractivity contribution in [3.63, 3.8) is 0 Å². The zero-order valence-corrected chi connectivity index (χ0v) is 13.8. The van der Waals surface area contributed by atoms with Gasteiger partial charge in [-0.1, -0.05) is 17.7 Å². The monoisotopic (exact) mass is 291 g/mol. The van der Waals surface area contributed by atoms with Crippen LogP contribution in [0.15, 0.2) is 18.2 Å². The Morgan fingerprint density at radius 2 is 2.10 bits per heavy atom. The molecule has 0 aromatic heterocycles. The smallest absolute Gasteiger partial charge is 0.122 e. The summed E-state index contributed by atoms with van der Waals surface area (Å²) in [6.07, 6.45) is 5.19. The van der Waals surface area contributed by atoms with Gasteiger partial charge < -0.3 is 14.8 Å². The van der Waals surface area contributed by atoms with Gasteiger partial charge in [0.25, 0.3) is 0 Å². The lowest BCUT2D eigenvalue weighted by Crippen LogP contribution is -2.38. The van der Waals surface area contributed by atoms with Crippen LogP contribution in [-0.2, 0) is 11.2 Å². The summed E-state index contributed by atoms with van der Waals surface area (Å²) in [5.74, 6) is 1.80. The highest BCUT2D eigenvalue weighted by Crippen LogP contribution is 2.34. The van der Waals surface area contributed by atoms with Crippen LogP contribution in [0, 0.1) is 12.8 Å². The summed E-state index contributed by atoms with van der Waals surface area (Å²) in [5, 5.41) is 3.47. The summed E-state index contributed by atoms with van der Waals surface area (Å²) in [6.45, 7) is 5.05. The number of hydrogen-bond donors (Lipinski definition) is 1. The van der Waals surface area contributed by atoms with Gasteiger partial charge in [0.2, 0.25) is 0 Å². The fraction of sp³-hybridized carbons (Fsp3) is 0.667. The number of aryl methyl sites for hydroxylation is 1. The van der Waals surface area contributed by atoms with Crippen LogP contribution >= 0.6 is 0 Å². The highest BCUT2D eigenvalue weighted by atomic mass is 16.5. The van der Waals surface area contributed by atoms with Gasteiger partial charge in [-0.15, -0.1) is 0 Å². The largest absolute Gasteiger partial charge is 0.496 e. The molecule has 3 nitrogen and oxygen atoms in total. The van der Waals surface area contributed by atoms with Crippen molar-refractivity contribution in [3.8, 4) is 5.75 Å². The number of rotatable bonds is 8. The number of methoxy groups -OCH3 is 1. The van der Waals surface area contributed by atoms with E-state index in [1.54, 1.807) is 7.11 Å². The SMILES string of the molecule is CCOC1CC(CC(Cc2cc(C)ccc2OC)NC)C1. The van der Waals surface area contributed by atoms with Crippen molar-refractivity contribution in [2.24, 2.45) is 5.92 Å². The van der Waals surface area contributed by atoms with E-state index < -0.39 is 0 Å². The Bertz CT molecular complexity index is 441. The fourth-order valence-electron chi connectivity index (χ4n) is 3.28. The standard InChI is InChI=1S/C18H29NO2/c1-5-21-17-10-14(11-17)9-16(19-3)12-15-8-13(2)6-7-18(15)20-4/h6-8,14,16-17,19H,5,9-12H2,1-4H3. The third-order valence-electron chi connectivity index (χ3n) is 4.52. The van der Waals surface area contributed by atoms with E-state index >= 15 is 0 Å². The van der Waals surface area contributed by atoms with E-state index in [0.717, 1.165) is 24.7 Å². The molecule has 1 N–H and O–H groups in total. The maximum atomic E-state index is 5.65. The van der Waals surface area contributed by atoms with Crippen LogP contribution in [0.25, 0.3) is 0 Å². The van der Waals surface area contributed by atoms with Crippen LogP contribution in [0.5, 0.6) is 5.75 Å². The van der Waals surface area contributed by atoms with Gasteiger partial charge in [0, 0.05) is 12.6 Å². The Morgan fingerprint density at radius 3 is 2.71 bits per heavy atom. The molecule has 0 amide bonds. The molecule has 1 aliphatic rings. The predicted octanol–water partition coefficient (Wildman–Crippen LogP) is 3.34. The molecule has 2 rings (SSSR count). The molecular weight excluding hydrogens is 262 g/mol. The average molecular weight is 291 g/mol. The molecule has 0 radical (unpaired) electrons.